The van der Waals surface area contributed by atoms with Gasteiger partial charge in [0, 0.05) is 14.1 Å². The summed E-state index contributed by atoms with van der Waals surface area (Å²) in [5.74, 6) is -0.354. The second kappa shape index (κ2) is 3.93. The minimum absolute atomic E-state index is 0. The van der Waals surface area contributed by atoms with E-state index in [9.17, 15) is 4.79 Å². The van der Waals surface area contributed by atoms with Crippen LogP contribution in [-0.4, -0.2) is 31.6 Å². The van der Waals surface area contributed by atoms with Gasteiger partial charge in [-0.25, -0.2) is 4.79 Å². The molecule has 0 saturated heterocycles. The molecule has 0 spiro atoms. The molecule has 0 aromatic rings. The molecule has 0 heterocycles. The average Bonchev–Trinajstić information content (AvgIpc) is 1.87. The molecule has 0 fully saturated rings. The molecule has 0 aliphatic heterocycles. The van der Waals surface area contributed by atoms with Crippen LogP contribution in [0.15, 0.2) is 12.3 Å². The lowest BCUT2D eigenvalue weighted by molar-refractivity contribution is -0.139. The Morgan fingerprint density at radius 1 is 1.70 bits per heavy atom. The lowest BCUT2D eigenvalue weighted by atomic mass is 10.5. The molecular weight excluding hydrogens is 130 g/mol. The normalized spacial score (nSPS) is 8.70. The van der Waals surface area contributed by atoms with Gasteiger partial charge in [-0.3, -0.25) is 0 Å². The monoisotopic (exact) mass is 144 g/mol. The lowest BCUT2D eigenvalue weighted by Crippen LogP contribution is -2.20. The molecule has 0 unspecified atom stereocenters. The molecule has 0 saturated carbocycles. The smallest absolute Gasteiger partial charge is 0.461 e. The van der Waals surface area contributed by atoms with Gasteiger partial charge in [-0.05, 0) is 6.92 Å². The van der Waals surface area contributed by atoms with Crippen molar-refractivity contribution in [3.05, 3.63) is 12.3 Å². The number of ether oxygens (including phenoxy) is 1. The van der Waals surface area contributed by atoms with Gasteiger partial charge in [0.05, 0.1) is 6.61 Å². The van der Waals surface area contributed by atoms with Gasteiger partial charge >= 0.3 is 7.40 Å². The first-order valence-corrected chi connectivity index (χ1v) is 3.13. The van der Waals surface area contributed by atoms with Crippen molar-refractivity contribution in [2.75, 3.05) is 20.7 Å². The summed E-state index contributed by atoms with van der Waals surface area (Å²) in [6.45, 7) is 5.68. The van der Waals surface area contributed by atoms with E-state index in [0.717, 1.165) is 0 Å². The molecule has 0 aliphatic carbocycles. The second-order valence-corrected chi connectivity index (χ2v) is 2.06. The summed E-state index contributed by atoms with van der Waals surface area (Å²) in [4.78, 5) is 12.4. The van der Waals surface area contributed by atoms with Crippen LogP contribution in [0.4, 0.5) is 0 Å². The van der Waals surface area contributed by atoms with Gasteiger partial charge in [-0.15, -0.1) is 0 Å². The van der Waals surface area contributed by atoms with Crippen molar-refractivity contribution in [1.29, 1.82) is 0 Å². The van der Waals surface area contributed by atoms with Crippen molar-refractivity contribution in [2.24, 2.45) is 0 Å². The van der Waals surface area contributed by atoms with E-state index in [1.54, 1.807) is 25.9 Å². The average molecular weight is 144 g/mol. The Morgan fingerprint density at radius 2 is 2.20 bits per heavy atom. The van der Waals surface area contributed by atoms with E-state index in [2.05, 4.69) is 11.3 Å². The highest BCUT2D eigenvalue weighted by Crippen LogP contribution is 1.96. The van der Waals surface area contributed by atoms with Gasteiger partial charge in [0.25, 0.3) is 0 Å². The van der Waals surface area contributed by atoms with E-state index in [4.69, 9.17) is 0 Å². The minimum Gasteiger partial charge on any atom is -0.461 e. The fraction of sp³-hybridized carbons (Fsp3) is 0.571. The molecule has 0 aliphatic rings. The van der Waals surface area contributed by atoms with Crippen molar-refractivity contribution in [2.45, 2.75) is 6.92 Å². The van der Waals surface area contributed by atoms with Crippen LogP contribution >= 0.6 is 0 Å². The Kier molecular flexibility index (Phi) is 3.54. The van der Waals surface area contributed by atoms with Gasteiger partial charge < -0.3 is 9.64 Å². The first kappa shape index (κ1) is 9.01. The Morgan fingerprint density at radius 3 is 2.50 bits per heavy atom. The number of rotatable bonds is 3. The molecule has 0 radical (unpaired) electrons. The van der Waals surface area contributed by atoms with Crippen LogP contribution < -0.4 is 0 Å². The van der Waals surface area contributed by atoms with Crippen molar-refractivity contribution in [3.63, 3.8) is 0 Å². The third kappa shape index (κ3) is 2.53. The van der Waals surface area contributed by atoms with Gasteiger partial charge in [-0.2, -0.15) is 0 Å². The molecule has 3 nitrogen and oxygen atoms in total. The molecule has 0 bridgehead atoms. The van der Waals surface area contributed by atoms with E-state index in [1.165, 1.54) is 0 Å². The van der Waals surface area contributed by atoms with Crippen LogP contribution in [0.25, 0.3) is 0 Å². The van der Waals surface area contributed by atoms with Crippen LogP contribution in [0.3, 0.4) is 0 Å². The molecular formula is C7H14NO2+. The van der Waals surface area contributed by atoms with Crippen LogP contribution in [0.1, 0.15) is 8.35 Å². The molecule has 0 N–H and O–H groups in total. The lowest BCUT2D eigenvalue weighted by Gasteiger charge is -2.12. The number of carbonyl (C=O) groups excluding carboxylic acids is 1. The summed E-state index contributed by atoms with van der Waals surface area (Å²) in [7, 11) is 3.50. The van der Waals surface area contributed by atoms with Gasteiger partial charge in [0.1, 0.15) is 5.70 Å². The maximum absolute atomic E-state index is 10.8. The number of likely N-dealkylation sites (N-methyl/N-ethyl adjacent to an activating group) is 1. The third-order valence-corrected chi connectivity index (χ3v) is 1.05. The molecule has 0 atom stereocenters. The Bertz CT molecular complexity index is 145. The summed E-state index contributed by atoms with van der Waals surface area (Å²) in [6, 6.07) is 0. The van der Waals surface area contributed by atoms with Crippen molar-refractivity contribution < 1.29 is 11.0 Å². The molecule has 0 rings (SSSR count). The molecule has 58 valence electrons. The summed E-state index contributed by atoms with van der Waals surface area (Å²) in [5, 5.41) is 0. The van der Waals surface area contributed by atoms with Crippen LogP contribution in [0.2, 0.25) is 0 Å². The zero-order chi connectivity index (χ0) is 8.15. The van der Waals surface area contributed by atoms with Crippen LogP contribution in [0.5, 0.6) is 0 Å². The molecule has 0 amide bonds. The quantitative estimate of drug-likeness (QED) is 0.432. The van der Waals surface area contributed by atoms with E-state index in [0.29, 0.717) is 12.3 Å². The Labute approximate surface area is 62.8 Å². The molecule has 0 aromatic carbocycles. The van der Waals surface area contributed by atoms with E-state index >= 15 is 0 Å². The maximum Gasteiger partial charge on any atom is 1.00 e. The molecule has 0 aromatic heterocycles. The van der Waals surface area contributed by atoms with Crippen LogP contribution in [-0.2, 0) is 9.53 Å². The highest BCUT2D eigenvalue weighted by molar-refractivity contribution is 5.86. The van der Waals surface area contributed by atoms with Gasteiger partial charge in [0.2, 0.25) is 0 Å². The standard InChI is InChI=1S/C7H13NO2/c1-5-10-7(9)6(2)8(3)4/h2,5H2,1,3-4H3/p+1. The minimum atomic E-state index is -0.354. The zero-order valence-corrected chi connectivity index (χ0v) is 6.68. The predicted octanol–water partition coefficient (Wildman–Crippen LogP) is 0.737. The number of carbonyl (C=O) groups is 1. The first-order valence-electron chi connectivity index (χ1n) is 3.13. The Hall–Kier alpha value is -0.990. The number of hydrogen-bond donors (Lipinski definition) is 0. The van der Waals surface area contributed by atoms with E-state index < -0.39 is 0 Å². The largest absolute Gasteiger partial charge is 1.00 e. The third-order valence-electron chi connectivity index (χ3n) is 1.05. The highest BCUT2D eigenvalue weighted by Gasteiger charge is 2.07. The zero-order valence-electron chi connectivity index (χ0n) is 7.68. The summed E-state index contributed by atoms with van der Waals surface area (Å²) in [5.41, 5.74) is 0.377. The number of esters is 1. The van der Waals surface area contributed by atoms with Crippen molar-refractivity contribution in [3.8, 4) is 0 Å². The summed E-state index contributed by atoms with van der Waals surface area (Å²) >= 11 is 0. The molecule has 3 heteroatoms. The summed E-state index contributed by atoms with van der Waals surface area (Å²) in [6.07, 6.45) is 0. The fourth-order valence-electron chi connectivity index (χ4n) is 0.397. The van der Waals surface area contributed by atoms with Crippen molar-refractivity contribution >= 4 is 5.97 Å². The first-order chi connectivity index (χ1) is 4.59. The summed E-state index contributed by atoms with van der Waals surface area (Å²) < 4.78 is 4.68. The topological polar surface area (TPSA) is 29.5 Å². The van der Waals surface area contributed by atoms with Crippen molar-refractivity contribution in [1.82, 2.24) is 4.90 Å². The second-order valence-electron chi connectivity index (χ2n) is 2.06. The van der Waals surface area contributed by atoms with E-state index in [1.807, 2.05) is 0 Å². The fourth-order valence-corrected chi connectivity index (χ4v) is 0.397. The number of nitrogens with zero attached hydrogens (tertiary/aromatic N) is 1. The SMILES string of the molecule is C=C(C(=O)OCC)N(C)C.[H+]. The Balaban J connectivity index is 0. The van der Waals surface area contributed by atoms with Crippen LogP contribution in [0, 0.1) is 0 Å². The van der Waals surface area contributed by atoms with E-state index in [-0.39, 0.29) is 7.40 Å². The van der Waals surface area contributed by atoms with Gasteiger partial charge in [-0.1, -0.05) is 6.58 Å². The highest BCUT2D eigenvalue weighted by atomic mass is 16.5. The predicted molar refractivity (Wildman–Crippen MR) is 40.6 cm³/mol. The molecule has 10 heavy (non-hydrogen) atoms. The maximum atomic E-state index is 10.8. The van der Waals surface area contributed by atoms with Gasteiger partial charge in [0.15, 0.2) is 0 Å². The number of hydrogen-bond acceptors (Lipinski definition) is 3.